The maximum atomic E-state index is 10.8. The molecule has 0 aliphatic rings. The van der Waals surface area contributed by atoms with E-state index < -0.39 is 5.97 Å². The molecular weight excluding hydrogens is 301 g/mol. The van der Waals surface area contributed by atoms with Gasteiger partial charge in [-0.25, -0.2) is 4.79 Å². The Labute approximate surface area is 125 Å². The van der Waals surface area contributed by atoms with Crippen molar-refractivity contribution >= 4 is 34.9 Å². The summed E-state index contributed by atoms with van der Waals surface area (Å²) in [6.07, 6.45) is 0. The Balaban J connectivity index is 2.15. The second-order valence-corrected chi connectivity index (χ2v) is 4.93. The molecule has 4 nitrogen and oxygen atoms in total. The van der Waals surface area contributed by atoms with Gasteiger partial charge in [0.2, 0.25) is 0 Å². The number of hydrogen-bond donors (Lipinski definition) is 2. The molecule has 2 aromatic carbocycles. The van der Waals surface area contributed by atoms with Gasteiger partial charge in [0.05, 0.1) is 11.3 Å². The van der Waals surface area contributed by atoms with Gasteiger partial charge in [-0.1, -0.05) is 23.2 Å². The quantitative estimate of drug-likeness (QED) is 0.841. The summed E-state index contributed by atoms with van der Waals surface area (Å²) in [6.45, 7) is 0.190. The van der Waals surface area contributed by atoms with Crippen LogP contribution in [0.2, 0.25) is 10.0 Å². The minimum absolute atomic E-state index is 0.107. The summed E-state index contributed by atoms with van der Waals surface area (Å²) >= 11 is 11.9. The molecule has 0 unspecified atom stereocenters. The van der Waals surface area contributed by atoms with Crippen molar-refractivity contribution < 1.29 is 14.6 Å². The monoisotopic (exact) mass is 311 g/mol. The molecule has 0 fully saturated rings. The van der Waals surface area contributed by atoms with Crippen LogP contribution in [-0.2, 0) is 6.61 Å². The van der Waals surface area contributed by atoms with E-state index in [2.05, 4.69) is 0 Å². The molecule has 0 amide bonds. The standard InChI is InChI=1S/C14H11Cl2NO3/c15-10-2-3-11(16)9(5-10)7-20-13-4-1-8(14(18)19)6-12(13)17/h1-6H,7,17H2,(H,18,19). The Morgan fingerprint density at radius 1 is 1.20 bits per heavy atom. The van der Waals surface area contributed by atoms with Gasteiger partial charge >= 0.3 is 5.97 Å². The molecule has 0 aliphatic carbocycles. The van der Waals surface area contributed by atoms with Crippen molar-refractivity contribution in [3.8, 4) is 5.75 Å². The van der Waals surface area contributed by atoms with Crippen molar-refractivity contribution in [3.63, 3.8) is 0 Å². The van der Waals surface area contributed by atoms with E-state index in [0.29, 0.717) is 15.8 Å². The number of anilines is 1. The fourth-order valence-electron chi connectivity index (χ4n) is 1.62. The Morgan fingerprint density at radius 2 is 1.95 bits per heavy atom. The molecule has 3 N–H and O–H groups in total. The lowest BCUT2D eigenvalue weighted by Crippen LogP contribution is -2.02. The van der Waals surface area contributed by atoms with Crippen molar-refractivity contribution in [1.29, 1.82) is 0 Å². The highest BCUT2D eigenvalue weighted by Crippen LogP contribution is 2.26. The van der Waals surface area contributed by atoms with Crippen LogP contribution in [-0.4, -0.2) is 11.1 Å². The maximum Gasteiger partial charge on any atom is 0.335 e. The molecule has 0 saturated heterocycles. The number of halogens is 2. The average molecular weight is 312 g/mol. The van der Waals surface area contributed by atoms with Gasteiger partial charge < -0.3 is 15.6 Å². The predicted octanol–water partition coefficient (Wildman–Crippen LogP) is 3.85. The number of hydrogen-bond acceptors (Lipinski definition) is 3. The van der Waals surface area contributed by atoms with Crippen LogP contribution >= 0.6 is 23.2 Å². The summed E-state index contributed by atoms with van der Waals surface area (Å²) in [5.41, 5.74) is 6.83. The SMILES string of the molecule is Nc1cc(C(=O)O)ccc1OCc1cc(Cl)ccc1Cl. The van der Waals surface area contributed by atoms with Gasteiger partial charge in [0.1, 0.15) is 12.4 Å². The van der Waals surface area contributed by atoms with Gasteiger partial charge in [0.25, 0.3) is 0 Å². The third kappa shape index (κ3) is 3.35. The van der Waals surface area contributed by atoms with Crippen LogP contribution in [0.3, 0.4) is 0 Å². The molecule has 2 aromatic rings. The van der Waals surface area contributed by atoms with E-state index in [1.54, 1.807) is 18.2 Å². The van der Waals surface area contributed by atoms with Crippen LogP contribution in [0, 0.1) is 0 Å². The number of benzene rings is 2. The number of aromatic carboxylic acids is 1. The lowest BCUT2D eigenvalue weighted by molar-refractivity contribution is 0.0697. The van der Waals surface area contributed by atoms with Crippen LogP contribution in [0.4, 0.5) is 5.69 Å². The first kappa shape index (κ1) is 14.5. The van der Waals surface area contributed by atoms with E-state index >= 15 is 0 Å². The molecule has 0 spiro atoms. The molecule has 0 bridgehead atoms. The van der Waals surface area contributed by atoms with Crippen molar-refractivity contribution in [1.82, 2.24) is 0 Å². The van der Waals surface area contributed by atoms with Crippen LogP contribution in [0.5, 0.6) is 5.75 Å². The maximum absolute atomic E-state index is 10.8. The molecule has 0 saturated carbocycles. The summed E-state index contributed by atoms with van der Waals surface area (Å²) in [7, 11) is 0. The fourth-order valence-corrected chi connectivity index (χ4v) is 1.99. The minimum atomic E-state index is -1.04. The lowest BCUT2D eigenvalue weighted by Gasteiger charge is -2.10. The number of nitrogen functional groups attached to an aromatic ring is 1. The zero-order valence-electron chi connectivity index (χ0n) is 10.3. The molecule has 0 atom stereocenters. The molecule has 2 rings (SSSR count). The zero-order chi connectivity index (χ0) is 14.7. The first-order valence-corrected chi connectivity index (χ1v) is 6.42. The van der Waals surface area contributed by atoms with Crippen LogP contribution in [0.25, 0.3) is 0 Å². The Bertz CT molecular complexity index is 659. The summed E-state index contributed by atoms with van der Waals surface area (Å²) in [6, 6.07) is 9.34. The van der Waals surface area contributed by atoms with Gasteiger partial charge in [0.15, 0.2) is 0 Å². The smallest absolute Gasteiger partial charge is 0.335 e. The van der Waals surface area contributed by atoms with E-state index in [4.69, 9.17) is 38.8 Å². The van der Waals surface area contributed by atoms with Gasteiger partial charge in [0, 0.05) is 15.6 Å². The number of carboxylic acid groups (broad SMARTS) is 1. The summed E-state index contributed by atoms with van der Waals surface area (Å²) in [5, 5.41) is 9.94. The molecule has 104 valence electrons. The second-order valence-electron chi connectivity index (χ2n) is 4.08. The van der Waals surface area contributed by atoms with E-state index in [9.17, 15) is 4.79 Å². The van der Waals surface area contributed by atoms with Crippen molar-refractivity contribution in [2.75, 3.05) is 5.73 Å². The first-order valence-electron chi connectivity index (χ1n) is 5.67. The van der Waals surface area contributed by atoms with Gasteiger partial charge in [-0.05, 0) is 36.4 Å². The molecule has 6 heteroatoms. The molecule has 0 aromatic heterocycles. The summed E-state index contributed by atoms with van der Waals surface area (Å²) in [5.74, 6) is -0.646. The highest BCUT2D eigenvalue weighted by Gasteiger charge is 2.08. The van der Waals surface area contributed by atoms with Gasteiger partial charge in [-0.3, -0.25) is 0 Å². The minimum Gasteiger partial charge on any atom is -0.487 e. The van der Waals surface area contributed by atoms with Crippen molar-refractivity contribution in [2.24, 2.45) is 0 Å². The summed E-state index contributed by atoms with van der Waals surface area (Å²) in [4.78, 5) is 10.8. The highest BCUT2D eigenvalue weighted by atomic mass is 35.5. The van der Waals surface area contributed by atoms with Crippen LogP contribution in [0.15, 0.2) is 36.4 Å². The number of nitrogens with two attached hydrogens (primary N) is 1. The van der Waals surface area contributed by atoms with Crippen molar-refractivity contribution in [3.05, 3.63) is 57.6 Å². The number of carboxylic acids is 1. The highest BCUT2D eigenvalue weighted by molar-refractivity contribution is 6.33. The molecular formula is C14H11Cl2NO3. The molecule has 0 aliphatic heterocycles. The Hall–Kier alpha value is -1.91. The van der Waals surface area contributed by atoms with E-state index in [1.807, 2.05) is 0 Å². The molecule has 0 radical (unpaired) electrons. The Morgan fingerprint density at radius 3 is 2.60 bits per heavy atom. The first-order chi connectivity index (χ1) is 9.47. The summed E-state index contributed by atoms with van der Waals surface area (Å²) < 4.78 is 5.53. The second kappa shape index (κ2) is 6.03. The van der Waals surface area contributed by atoms with Crippen LogP contribution in [0.1, 0.15) is 15.9 Å². The third-order valence-corrected chi connectivity index (χ3v) is 3.25. The average Bonchev–Trinajstić information content (AvgIpc) is 2.40. The number of carbonyl (C=O) groups is 1. The molecule has 20 heavy (non-hydrogen) atoms. The zero-order valence-corrected chi connectivity index (χ0v) is 11.8. The largest absolute Gasteiger partial charge is 0.487 e. The number of rotatable bonds is 4. The molecule has 0 heterocycles. The van der Waals surface area contributed by atoms with Gasteiger partial charge in [-0.15, -0.1) is 0 Å². The van der Waals surface area contributed by atoms with Gasteiger partial charge in [-0.2, -0.15) is 0 Å². The topological polar surface area (TPSA) is 72.6 Å². The van der Waals surface area contributed by atoms with E-state index in [-0.39, 0.29) is 17.9 Å². The predicted molar refractivity (Wildman–Crippen MR) is 78.6 cm³/mol. The van der Waals surface area contributed by atoms with Crippen molar-refractivity contribution in [2.45, 2.75) is 6.61 Å². The third-order valence-electron chi connectivity index (χ3n) is 2.65. The lowest BCUT2D eigenvalue weighted by atomic mass is 10.2. The fraction of sp³-hybridized carbons (Fsp3) is 0.0714. The Kier molecular flexibility index (Phi) is 4.37. The van der Waals surface area contributed by atoms with E-state index in [0.717, 1.165) is 5.56 Å². The number of ether oxygens (including phenoxy) is 1. The normalized spacial score (nSPS) is 10.3. The van der Waals surface area contributed by atoms with E-state index in [1.165, 1.54) is 18.2 Å². The van der Waals surface area contributed by atoms with Crippen LogP contribution < -0.4 is 10.5 Å².